The van der Waals surface area contributed by atoms with Crippen LogP contribution in [0.3, 0.4) is 0 Å². The molecular formula is C17H18O3. The summed E-state index contributed by atoms with van der Waals surface area (Å²) >= 11 is 0. The van der Waals surface area contributed by atoms with Gasteiger partial charge in [0.1, 0.15) is 12.4 Å². The Morgan fingerprint density at radius 1 is 1.10 bits per heavy atom. The molecule has 0 amide bonds. The number of benzene rings is 2. The molecule has 0 fully saturated rings. The number of ether oxygens (including phenoxy) is 2. The molecule has 0 aromatic heterocycles. The van der Waals surface area contributed by atoms with Gasteiger partial charge in [-0.1, -0.05) is 36.4 Å². The number of hydrogen-bond acceptors (Lipinski definition) is 3. The molecular weight excluding hydrogens is 252 g/mol. The van der Waals surface area contributed by atoms with Gasteiger partial charge in [0.2, 0.25) is 0 Å². The number of carbonyl (C=O) groups excluding carboxylic acids is 1. The molecule has 2 aromatic rings. The van der Waals surface area contributed by atoms with E-state index in [2.05, 4.69) is 0 Å². The van der Waals surface area contributed by atoms with Gasteiger partial charge in [0, 0.05) is 0 Å². The quantitative estimate of drug-likeness (QED) is 0.776. The highest BCUT2D eigenvalue weighted by Gasteiger charge is 2.09. The van der Waals surface area contributed by atoms with E-state index in [1.54, 1.807) is 19.1 Å². The minimum Gasteiger partial charge on any atom is -0.489 e. The molecule has 0 radical (unpaired) electrons. The molecule has 2 rings (SSSR count). The van der Waals surface area contributed by atoms with Crippen LogP contribution in [0, 0.1) is 6.92 Å². The fourth-order valence-electron chi connectivity index (χ4n) is 1.83. The van der Waals surface area contributed by atoms with Crippen LogP contribution in [0.4, 0.5) is 0 Å². The zero-order chi connectivity index (χ0) is 14.4. The lowest BCUT2D eigenvalue weighted by molar-refractivity contribution is 0.0526. The van der Waals surface area contributed by atoms with Crippen molar-refractivity contribution in [2.24, 2.45) is 0 Å². The average Bonchev–Trinajstić information content (AvgIpc) is 2.47. The summed E-state index contributed by atoms with van der Waals surface area (Å²) in [4.78, 5) is 11.7. The molecule has 104 valence electrons. The Balaban J connectivity index is 2.10. The van der Waals surface area contributed by atoms with Crippen LogP contribution in [0.2, 0.25) is 0 Å². The molecule has 0 aliphatic carbocycles. The van der Waals surface area contributed by atoms with Gasteiger partial charge in [-0.05, 0) is 37.1 Å². The number of aryl methyl sites for hydroxylation is 1. The zero-order valence-electron chi connectivity index (χ0n) is 11.8. The molecule has 0 heterocycles. The Labute approximate surface area is 119 Å². The van der Waals surface area contributed by atoms with Crippen LogP contribution >= 0.6 is 0 Å². The summed E-state index contributed by atoms with van der Waals surface area (Å²) < 4.78 is 10.8. The zero-order valence-corrected chi connectivity index (χ0v) is 11.8. The maximum atomic E-state index is 11.7. The Kier molecular flexibility index (Phi) is 4.77. The molecule has 0 aliphatic rings. The van der Waals surface area contributed by atoms with Crippen LogP contribution in [0.15, 0.2) is 48.5 Å². The average molecular weight is 270 g/mol. The molecule has 3 heteroatoms. The van der Waals surface area contributed by atoms with Crippen molar-refractivity contribution in [1.82, 2.24) is 0 Å². The van der Waals surface area contributed by atoms with Gasteiger partial charge < -0.3 is 9.47 Å². The highest BCUT2D eigenvalue weighted by molar-refractivity contribution is 5.90. The lowest BCUT2D eigenvalue weighted by atomic mass is 10.1. The van der Waals surface area contributed by atoms with Gasteiger partial charge in [0.15, 0.2) is 0 Å². The maximum absolute atomic E-state index is 11.7. The molecule has 0 bridgehead atoms. The molecule has 0 saturated heterocycles. The molecule has 20 heavy (non-hydrogen) atoms. The molecule has 2 aromatic carbocycles. The first-order valence-corrected chi connectivity index (χ1v) is 6.65. The second kappa shape index (κ2) is 6.75. The van der Waals surface area contributed by atoms with Crippen molar-refractivity contribution in [2.45, 2.75) is 20.5 Å². The van der Waals surface area contributed by atoms with Crippen LogP contribution in [0.5, 0.6) is 5.75 Å². The van der Waals surface area contributed by atoms with E-state index in [-0.39, 0.29) is 5.97 Å². The van der Waals surface area contributed by atoms with Gasteiger partial charge in [-0.3, -0.25) is 0 Å². The van der Waals surface area contributed by atoms with E-state index in [4.69, 9.17) is 9.47 Å². The van der Waals surface area contributed by atoms with Gasteiger partial charge in [-0.2, -0.15) is 0 Å². The first-order valence-electron chi connectivity index (χ1n) is 6.65. The van der Waals surface area contributed by atoms with Gasteiger partial charge in [0.25, 0.3) is 0 Å². The summed E-state index contributed by atoms with van der Waals surface area (Å²) in [7, 11) is 0. The summed E-state index contributed by atoms with van der Waals surface area (Å²) in [5.74, 6) is 0.386. The van der Waals surface area contributed by atoms with Crippen molar-refractivity contribution >= 4 is 5.97 Å². The van der Waals surface area contributed by atoms with E-state index in [1.807, 2.05) is 43.3 Å². The Bertz CT molecular complexity index is 576. The predicted octanol–water partition coefficient (Wildman–Crippen LogP) is 3.75. The van der Waals surface area contributed by atoms with Crippen LogP contribution in [0.25, 0.3) is 0 Å². The monoisotopic (exact) mass is 270 g/mol. The van der Waals surface area contributed by atoms with E-state index >= 15 is 0 Å². The molecule has 0 atom stereocenters. The van der Waals surface area contributed by atoms with Crippen molar-refractivity contribution < 1.29 is 14.3 Å². The summed E-state index contributed by atoms with van der Waals surface area (Å²) in [5.41, 5.74) is 2.60. The second-order valence-corrected chi connectivity index (χ2v) is 4.48. The molecule has 0 N–H and O–H groups in total. The summed E-state index contributed by atoms with van der Waals surface area (Å²) in [6.45, 7) is 4.59. The minimum atomic E-state index is -0.322. The third-order valence-corrected chi connectivity index (χ3v) is 2.94. The van der Waals surface area contributed by atoms with Gasteiger partial charge >= 0.3 is 5.97 Å². The molecule has 0 saturated carbocycles. The van der Waals surface area contributed by atoms with Crippen molar-refractivity contribution in [1.29, 1.82) is 0 Å². The number of esters is 1. The van der Waals surface area contributed by atoms with E-state index in [9.17, 15) is 4.79 Å². The van der Waals surface area contributed by atoms with E-state index in [0.29, 0.717) is 24.5 Å². The topological polar surface area (TPSA) is 35.5 Å². The highest BCUT2D eigenvalue weighted by Crippen LogP contribution is 2.21. The summed E-state index contributed by atoms with van der Waals surface area (Å²) in [6, 6.07) is 15.3. The fraction of sp³-hybridized carbons (Fsp3) is 0.235. The van der Waals surface area contributed by atoms with Crippen LogP contribution in [-0.4, -0.2) is 12.6 Å². The maximum Gasteiger partial charge on any atom is 0.338 e. The highest BCUT2D eigenvalue weighted by atomic mass is 16.5. The lowest BCUT2D eigenvalue weighted by Gasteiger charge is -2.11. The Morgan fingerprint density at radius 3 is 2.55 bits per heavy atom. The predicted molar refractivity (Wildman–Crippen MR) is 77.9 cm³/mol. The number of carbonyl (C=O) groups is 1. The summed E-state index contributed by atoms with van der Waals surface area (Å²) in [6.07, 6.45) is 0. The third kappa shape index (κ3) is 3.60. The van der Waals surface area contributed by atoms with Crippen LogP contribution < -0.4 is 4.74 Å². The van der Waals surface area contributed by atoms with E-state index in [1.165, 1.54) is 0 Å². The van der Waals surface area contributed by atoms with Crippen LogP contribution in [-0.2, 0) is 11.3 Å². The first kappa shape index (κ1) is 14.1. The first-order chi connectivity index (χ1) is 9.70. The van der Waals surface area contributed by atoms with Crippen molar-refractivity contribution in [3.8, 4) is 5.75 Å². The minimum absolute atomic E-state index is 0.322. The smallest absolute Gasteiger partial charge is 0.338 e. The Hall–Kier alpha value is -2.29. The standard InChI is InChI=1S/C17H18O3/c1-3-19-17(18)15-10-9-13(2)16(11-15)20-12-14-7-5-4-6-8-14/h4-11H,3,12H2,1-2H3. The second-order valence-electron chi connectivity index (χ2n) is 4.48. The van der Waals surface area contributed by atoms with Crippen molar-refractivity contribution in [3.63, 3.8) is 0 Å². The Morgan fingerprint density at radius 2 is 1.85 bits per heavy atom. The van der Waals surface area contributed by atoms with Crippen molar-refractivity contribution in [2.75, 3.05) is 6.61 Å². The number of rotatable bonds is 5. The van der Waals surface area contributed by atoms with Gasteiger partial charge in [0.05, 0.1) is 12.2 Å². The normalized spacial score (nSPS) is 10.1. The van der Waals surface area contributed by atoms with Gasteiger partial charge in [-0.25, -0.2) is 4.79 Å². The lowest BCUT2D eigenvalue weighted by Crippen LogP contribution is -2.05. The molecule has 0 spiro atoms. The van der Waals surface area contributed by atoms with E-state index < -0.39 is 0 Å². The van der Waals surface area contributed by atoms with Crippen molar-refractivity contribution in [3.05, 3.63) is 65.2 Å². The fourth-order valence-corrected chi connectivity index (χ4v) is 1.83. The van der Waals surface area contributed by atoms with Crippen LogP contribution in [0.1, 0.15) is 28.4 Å². The number of hydrogen-bond donors (Lipinski definition) is 0. The van der Waals surface area contributed by atoms with E-state index in [0.717, 1.165) is 11.1 Å². The summed E-state index contributed by atoms with van der Waals surface area (Å²) in [5, 5.41) is 0. The third-order valence-electron chi connectivity index (χ3n) is 2.94. The molecule has 0 unspecified atom stereocenters. The largest absolute Gasteiger partial charge is 0.489 e. The van der Waals surface area contributed by atoms with Gasteiger partial charge in [-0.15, -0.1) is 0 Å². The SMILES string of the molecule is CCOC(=O)c1ccc(C)c(OCc2ccccc2)c1. The molecule has 0 aliphatic heterocycles. The molecule has 3 nitrogen and oxygen atoms in total.